The summed E-state index contributed by atoms with van der Waals surface area (Å²) in [4.78, 5) is 0. The Morgan fingerprint density at radius 1 is 1.69 bits per heavy atom. The molecule has 0 bridgehead atoms. The molecule has 1 aromatic heterocycles. The minimum Gasteiger partial charge on any atom is -0.378 e. The zero-order valence-corrected chi connectivity index (χ0v) is 9.84. The van der Waals surface area contributed by atoms with Gasteiger partial charge in [-0.15, -0.1) is 0 Å². The summed E-state index contributed by atoms with van der Waals surface area (Å²) in [6.07, 6.45) is 2.89. The van der Waals surface area contributed by atoms with Gasteiger partial charge in [0.2, 0.25) is 0 Å². The third-order valence-corrected chi connectivity index (χ3v) is 2.80. The van der Waals surface area contributed by atoms with E-state index in [9.17, 15) is 0 Å². The highest BCUT2D eigenvalue weighted by Crippen LogP contribution is 2.21. The van der Waals surface area contributed by atoms with E-state index in [2.05, 4.69) is 34.9 Å². The maximum Gasteiger partial charge on any atom is 0.0892 e. The lowest BCUT2D eigenvalue weighted by Gasteiger charge is -2.13. The lowest BCUT2D eigenvalue weighted by molar-refractivity contribution is 0.173. The molecule has 0 amide bonds. The van der Waals surface area contributed by atoms with E-state index < -0.39 is 0 Å². The molecule has 0 spiro atoms. The number of nitrogens with zero attached hydrogens (tertiary/aromatic N) is 2. The molecule has 1 atom stereocenters. The second-order valence-electron chi connectivity index (χ2n) is 3.07. The van der Waals surface area contributed by atoms with Gasteiger partial charge in [0, 0.05) is 13.2 Å². The van der Waals surface area contributed by atoms with Crippen molar-refractivity contribution in [3.05, 3.63) is 16.4 Å². The molecule has 0 saturated heterocycles. The van der Waals surface area contributed by atoms with Crippen LogP contribution in [0.3, 0.4) is 0 Å². The van der Waals surface area contributed by atoms with Crippen molar-refractivity contribution in [1.82, 2.24) is 9.78 Å². The number of methoxy groups -OCH3 is 1. The monoisotopic (exact) mass is 246 g/mol. The molecule has 0 radical (unpaired) electrons. The zero-order chi connectivity index (χ0) is 9.84. The largest absolute Gasteiger partial charge is 0.378 e. The Kier molecular flexibility index (Phi) is 3.93. The first-order chi connectivity index (χ1) is 6.20. The van der Waals surface area contributed by atoms with Crippen LogP contribution in [0.15, 0.2) is 10.7 Å². The van der Waals surface area contributed by atoms with E-state index in [-0.39, 0.29) is 0 Å². The van der Waals surface area contributed by atoms with Gasteiger partial charge in [-0.3, -0.25) is 4.68 Å². The molecular formula is C9H15BrN2O. The van der Waals surface area contributed by atoms with Crippen molar-refractivity contribution in [1.29, 1.82) is 0 Å². The number of halogens is 1. The van der Waals surface area contributed by atoms with Crippen LogP contribution in [0.4, 0.5) is 0 Å². The van der Waals surface area contributed by atoms with Crippen molar-refractivity contribution >= 4 is 15.9 Å². The Labute approximate surface area is 87.2 Å². The smallest absolute Gasteiger partial charge is 0.0892 e. The van der Waals surface area contributed by atoms with Crippen LogP contribution in [0.25, 0.3) is 0 Å². The normalized spacial score (nSPS) is 13.2. The minimum absolute atomic E-state index is 0.427. The fourth-order valence-corrected chi connectivity index (χ4v) is 1.58. The van der Waals surface area contributed by atoms with E-state index in [0.717, 1.165) is 16.6 Å². The number of hydrogen-bond donors (Lipinski definition) is 0. The predicted octanol–water partition coefficient (Wildman–Crippen LogP) is 2.76. The molecule has 3 nitrogen and oxygen atoms in total. The van der Waals surface area contributed by atoms with Crippen LogP contribution in [-0.2, 0) is 11.3 Å². The highest BCUT2D eigenvalue weighted by Gasteiger charge is 2.11. The molecule has 0 aromatic carbocycles. The second-order valence-corrected chi connectivity index (χ2v) is 3.93. The zero-order valence-electron chi connectivity index (χ0n) is 8.25. The third kappa shape index (κ3) is 2.31. The predicted molar refractivity (Wildman–Crippen MR) is 55.6 cm³/mol. The maximum atomic E-state index is 5.11. The number of hydrogen-bond acceptors (Lipinski definition) is 2. The molecule has 0 N–H and O–H groups in total. The van der Waals surface area contributed by atoms with E-state index in [1.165, 1.54) is 0 Å². The first-order valence-corrected chi connectivity index (χ1v) is 5.20. The summed E-state index contributed by atoms with van der Waals surface area (Å²) in [5, 5.41) is 4.29. The molecule has 1 rings (SSSR count). The van der Waals surface area contributed by atoms with Gasteiger partial charge in [0.05, 0.1) is 23.0 Å². The molecule has 1 heterocycles. The molecule has 0 fully saturated rings. The summed E-state index contributed by atoms with van der Waals surface area (Å²) in [7, 11) is 1.69. The summed E-state index contributed by atoms with van der Waals surface area (Å²) in [5.74, 6) is 0. The quantitative estimate of drug-likeness (QED) is 0.817. The Morgan fingerprint density at radius 2 is 2.38 bits per heavy atom. The Balaban J connectivity index is 2.92. The number of aromatic nitrogens is 2. The lowest BCUT2D eigenvalue weighted by atomic mass is 10.2. The van der Waals surface area contributed by atoms with Crippen LogP contribution >= 0.6 is 15.9 Å². The standard InChI is InChI=1S/C9H15BrN2O/c1-4-7(2)12-9(6-13-3)8(10)5-11-12/h5,7H,4,6H2,1-3H3/t7-/m0/s1. The molecule has 74 valence electrons. The highest BCUT2D eigenvalue weighted by atomic mass is 79.9. The van der Waals surface area contributed by atoms with Crippen LogP contribution in [0, 0.1) is 0 Å². The Morgan fingerprint density at radius 3 is 2.92 bits per heavy atom. The Hall–Kier alpha value is -0.350. The van der Waals surface area contributed by atoms with Crippen LogP contribution in [0.5, 0.6) is 0 Å². The van der Waals surface area contributed by atoms with Gasteiger partial charge in [-0.1, -0.05) is 6.92 Å². The molecule has 0 saturated carbocycles. The van der Waals surface area contributed by atoms with Crippen molar-refractivity contribution in [3.63, 3.8) is 0 Å². The lowest BCUT2D eigenvalue weighted by Crippen LogP contribution is -2.10. The summed E-state index contributed by atoms with van der Waals surface area (Å²) in [6.45, 7) is 4.90. The average molecular weight is 247 g/mol. The van der Waals surface area contributed by atoms with Crippen LogP contribution < -0.4 is 0 Å². The average Bonchev–Trinajstić information content (AvgIpc) is 2.48. The topological polar surface area (TPSA) is 27.1 Å². The van der Waals surface area contributed by atoms with Crippen molar-refractivity contribution < 1.29 is 4.74 Å². The van der Waals surface area contributed by atoms with Crippen molar-refractivity contribution in [2.45, 2.75) is 32.9 Å². The van der Waals surface area contributed by atoms with E-state index >= 15 is 0 Å². The fraction of sp³-hybridized carbons (Fsp3) is 0.667. The summed E-state index contributed by atoms with van der Waals surface area (Å²) in [5.41, 5.74) is 1.11. The molecule has 1 aromatic rings. The van der Waals surface area contributed by atoms with Gasteiger partial charge in [0.25, 0.3) is 0 Å². The van der Waals surface area contributed by atoms with Crippen LogP contribution in [-0.4, -0.2) is 16.9 Å². The first kappa shape index (κ1) is 10.7. The Bertz CT molecular complexity index is 273. The van der Waals surface area contributed by atoms with E-state index in [4.69, 9.17) is 4.74 Å². The molecule has 0 aliphatic heterocycles. The van der Waals surface area contributed by atoms with Gasteiger partial charge in [-0.05, 0) is 29.3 Å². The molecule has 0 aliphatic rings. The molecule has 0 aliphatic carbocycles. The van der Waals surface area contributed by atoms with Gasteiger partial charge < -0.3 is 4.74 Å². The molecular weight excluding hydrogens is 232 g/mol. The minimum atomic E-state index is 0.427. The first-order valence-electron chi connectivity index (χ1n) is 4.41. The summed E-state index contributed by atoms with van der Waals surface area (Å²) < 4.78 is 8.14. The van der Waals surface area contributed by atoms with Gasteiger partial charge >= 0.3 is 0 Å². The third-order valence-electron chi connectivity index (χ3n) is 2.14. The highest BCUT2D eigenvalue weighted by molar-refractivity contribution is 9.10. The van der Waals surface area contributed by atoms with Gasteiger partial charge in [-0.25, -0.2) is 0 Å². The SMILES string of the molecule is CC[C@H](C)n1ncc(Br)c1COC. The fourth-order valence-electron chi connectivity index (χ4n) is 1.19. The van der Waals surface area contributed by atoms with Gasteiger partial charge in [0.15, 0.2) is 0 Å². The van der Waals surface area contributed by atoms with Gasteiger partial charge in [0.1, 0.15) is 0 Å². The maximum absolute atomic E-state index is 5.11. The van der Waals surface area contributed by atoms with Crippen LogP contribution in [0.2, 0.25) is 0 Å². The summed E-state index contributed by atoms with van der Waals surface area (Å²) >= 11 is 3.45. The van der Waals surface area contributed by atoms with E-state index in [0.29, 0.717) is 12.6 Å². The number of rotatable bonds is 4. The van der Waals surface area contributed by atoms with Crippen LogP contribution in [0.1, 0.15) is 32.0 Å². The molecule has 0 unspecified atom stereocenters. The van der Waals surface area contributed by atoms with Crippen molar-refractivity contribution in [3.8, 4) is 0 Å². The van der Waals surface area contributed by atoms with E-state index in [1.54, 1.807) is 7.11 Å². The van der Waals surface area contributed by atoms with Gasteiger partial charge in [-0.2, -0.15) is 5.10 Å². The van der Waals surface area contributed by atoms with Crippen molar-refractivity contribution in [2.24, 2.45) is 0 Å². The van der Waals surface area contributed by atoms with Crippen molar-refractivity contribution in [2.75, 3.05) is 7.11 Å². The summed E-state index contributed by atoms with van der Waals surface area (Å²) in [6, 6.07) is 0.427. The second kappa shape index (κ2) is 4.77. The molecule has 4 heteroatoms. The number of ether oxygens (including phenoxy) is 1. The molecule has 13 heavy (non-hydrogen) atoms. The van der Waals surface area contributed by atoms with E-state index in [1.807, 2.05) is 10.9 Å².